The molecule has 0 spiro atoms. The van der Waals surface area contributed by atoms with Crippen molar-refractivity contribution in [3.8, 4) is 0 Å². The minimum absolute atomic E-state index is 0.142. The van der Waals surface area contributed by atoms with Gasteiger partial charge in [0.15, 0.2) is 0 Å². The molecule has 0 aliphatic rings. The van der Waals surface area contributed by atoms with E-state index in [0.717, 1.165) is 0 Å². The van der Waals surface area contributed by atoms with Gasteiger partial charge in [0.2, 0.25) is 0 Å². The first-order chi connectivity index (χ1) is 5.74. The predicted molar refractivity (Wildman–Crippen MR) is 40.2 cm³/mol. The van der Waals surface area contributed by atoms with Gasteiger partial charge in [0, 0.05) is 12.4 Å². The van der Waals surface area contributed by atoms with Gasteiger partial charge >= 0.3 is 5.97 Å². The van der Waals surface area contributed by atoms with Crippen molar-refractivity contribution in [2.75, 3.05) is 6.61 Å². The lowest BCUT2D eigenvalue weighted by molar-refractivity contribution is 0.0526. The van der Waals surface area contributed by atoms with Crippen molar-refractivity contribution in [2.24, 2.45) is 0 Å². The largest absolute Gasteiger partial charge is 0.462 e. The van der Waals surface area contributed by atoms with E-state index in [1.807, 2.05) is 0 Å². The van der Waals surface area contributed by atoms with Crippen LogP contribution >= 0.6 is 0 Å². The lowest BCUT2D eigenvalue weighted by atomic mass is 10.3. The second kappa shape index (κ2) is 3.71. The Bertz CT molecular complexity index is 271. The normalized spacial score (nSPS) is 10.5. The zero-order valence-electron chi connectivity index (χ0n) is 7.20. The van der Waals surface area contributed by atoms with Crippen molar-refractivity contribution in [2.45, 2.75) is 6.92 Å². The number of rotatable bonds is 2. The third-order valence-corrected chi connectivity index (χ3v) is 1.13. The second-order valence-corrected chi connectivity index (χ2v) is 1.90. The molecule has 0 aromatic carbocycles. The van der Waals surface area contributed by atoms with Crippen LogP contribution in [0.1, 0.15) is 18.7 Å². The highest BCUT2D eigenvalue weighted by Crippen LogP contribution is 1.97. The van der Waals surface area contributed by atoms with Crippen LogP contribution in [0.3, 0.4) is 0 Å². The highest BCUT2D eigenvalue weighted by molar-refractivity contribution is 5.88. The van der Waals surface area contributed by atoms with E-state index in [0.29, 0.717) is 12.2 Å². The summed E-state index contributed by atoms with van der Waals surface area (Å²) in [4.78, 5) is 14.7. The lowest BCUT2D eigenvalue weighted by Crippen LogP contribution is -2.04. The number of hydrogen-bond acceptors (Lipinski definition) is 3. The monoisotopic (exact) mass is 152 g/mol. The summed E-state index contributed by atoms with van der Waals surface area (Å²) in [5.41, 5.74) is 0.382. The van der Waals surface area contributed by atoms with Crippen molar-refractivity contribution < 1.29 is 10.9 Å². The average Bonchev–Trinajstić information content (AvgIpc) is 2.06. The molecular weight excluding hydrogens is 142 g/mol. The van der Waals surface area contributed by atoms with Crippen LogP contribution in [-0.4, -0.2) is 17.6 Å². The average molecular weight is 152 g/mol. The van der Waals surface area contributed by atoms with Crippen LogP contribution in [-0.2, 0) is 4.74 Å². The molecule has 11 heavy (non-hydrogen) atoms. The van der Waals surface area contributed by atoms with Gasteiger partial charge < -0.3 is 4.74 Å². The van der Waals surface area contributed by atoms with E-state index in [2.05, 4.69) is 4.98 Å². The molecule has 1 heterocycles. The third-order valence-electron chi connectivity index (χ3n) is 1.13. The first kappa shape index (κ1) is 6.34. The molecule has 0 aliphatic carbocycles. The number of carbonyl (C=O) groups is 1. The molecule has 0 amide bonds. The Balaban J connectivity index is 2.75. The van der Waals surface area contributed by atoms with Gasteiger partial charge in [-0.1, -0.05) is 0 Å². The van der Waals surface area contributed by atoms with E-state index in [4.69, 9.17) is 6.11 Å². The quantitative estimate of drug-likeness (QED) is 0.599. The smallest absolute Gasteiger partial charge is 0.339 e. The molecule has 0 fully saturated rings. The summed E-state index contributed by atoms with van der Waals surface area (Å²) in [5, 5.41) is 0. The molecular formula is C8H9NO2. The summed E-state index contributed by atoms with van der Waals surface area (Å²) in [6, 6.07) is 2.97. The van der Waals surface area contributed by atoms with Crippen molar-refractivity contribution in [1.82, 2.24) is 4.98 Å². The van der Waals surface area contributed by atoms with Gasteiger partial charge in [0.1, 0.15) is 0 Å². The van der Waals surface area contributed by atoms with Crippen molar-refractivity contribution >= 4 is 5.97 Å². The van der Waals surface area contributed by atoms with E-state index in [1.54, 1.807) is 6.92 Å². The fraction of sp³-hybridized carbons (Fsp3) is 0.250. The number of nitrogens with zero attached hydrogens (tertiary/aromatic N) is 1. The standard InChI is InChI=1S/C8H9NO2/c1-2-11-8(10)7-4-3-5-9-6-7/h3-6H,2H2,1H3/i5D. The highest BCUT2D eigenvalue weighted by Gasteiger charge is 2.03. The molecule has 0 saturated carbocycles. The molecule has 0 bridgehead atoms. The molecule has 3 nitrogen and oxygen atoms in total. The van der Waals surface area contributed by atoms with Crippen LogP contribution in [0.15, 0.2) is 24.5 Å². The first-order valence-corrected chi connectivity index (χ1v) is 3.34. The number of ether oxygens (including phenoxy) is 1. The highest BCUT2D eigenvalue weighted by atomic mass is 16.5. The van der Waals surface area contributed by atoms with Gasteiger partial charge in [-0.2, -0.15) is 0 Å². The summed E-state index contributed by atoms with van der Waals surface area (Å²) < 4.78 is 11.8. The van der Waals surface area contributed by atoms with Gasteiger partial charge in [-0.25, -0.2) is 4.79 Å². The van der Waals surface area contributed by atoms with Gasteiger partial charge in [-0.15, -0.1) is 0 Å². The third kappa shape index (κ3) is 2.04. The molecule has 1 aromatic heterocycles. The van der Waals surface area contributed by atoms with Crippen LogP contribution in [0.25, 0.3) is 0 Å². The maximum Gasteiger partial charge on any atom is 0.339 e. The number of aromatic nitrogens is 1. The maximum absolute atomic E-state index is 11.0. The molecule has 1 aromatic rings. The molecule has 0 aliphatic heterocycles. The molecule has 0 N–H and O–H groups in total. The van der Waals surface area contributed by atoms with E-state index in [9.17, 15) is 4.79 Å². The Kier molecular flexibility index (Phi) is 2.14. The molecule has 1 rings (SSSR count). The summed E-state index contributed by atoms with van der Waals surface area (Å²) in [5.74, 6) is -0.398. The fourth-order valence-electron chi connectivity index (χ4n) is 0.655. The summed E-state index contributed by atoms with van der Waals surface area (Å²) >= 11 is 0. The van der Waals surface area contributed by atoms with E-state index in [1.165, 1.54) is 18.3 Å². The number of esters is 1. The molecule has 58 valence electrons. The Morgan fingerprint density at radius 2 is 2.73 bits per heavy atom. The summed E-state index contributed by atoms with van der Waals surface area (Å²) in [6.07, 6.45) is 1.48. The van der Waals surface area contributed by atoms with Crippen molar-refractivity contribution in [3.63, 3.8) is 0 Å². The minimum atomic E-state index is -0.398. The van der Waals surface area contributed by atoms with Crippen LogP contribution < -0.4 is 0 Å². The Hall–Kier alpha value is -1.38. The van der Waals surface area contributed by atoms with Crippen molar-refractivity contribution in [1.29, 1.82) is 0 Å². The Morgan fingerprint density at radius 3 is 3.27 bits per heavy atom. The fourth-order valence-corrected chi connectivity index (χ4v) is 0.655. The van der Waals surface area contributed by atoms with Crippen LogP contribution in [0, 0.1) is 0 Å². The van der Waals surface area contributed by atoms with E-state index in [-0.39, 0.29) is 6.17 Å². The van der Waals surface area contributed by atoms with Crippen molar-refractivity contribution in [3.05, 3.63) is 30.1 Å². The Morgan fingerprint density at radius 1 is 1.91 bits per heavy atom. The first-order valence-electron chi connectivity index (χ1n) is 3.84. The lowest BCUT2D eigenvalue weighted by Gasteiger charge is -1.98. The van der Waals surface area contributed by atoms with Crippen LogP contribution in [0.2, 0.25) is 0 Å². The van der Waals surface area contributed by atoms with Crippen LogP contribution in [0.5, 0.6) is 0 Å². The number of pyridine rings is 1. The van der Waals surface area contributed by atoms with E-state index < -0.39 is 5.97 Å². The number of hydrogen-bond donors (Lipinski definition) is 0. The van der Waals surface area contributed by atoms with Gasteiger partial charge in [0.05, 0.1) is 13.5 Å². The Labute approximate surface area is 66.4 Å². The molecule has 0 unspecified atom stereocenters. The molecule has 0 radical (unpaired) electrons. The number of carbonyl (C=O) groups excluding carboxylic acids is 1. The summed E-state index contributed by atoms with van der Waals surface area (Å²) in [6.45, 7) is 2.09. The SMILES string of the molecule is [2H]c1ccc(C(=O)OCC)cn1. The van der Waals surface area contributed by atoms with Gasteiger partial charge in [0.25, 0.3) is 0 Å². The zero-order chi connectivity index (χ0) is 8.97. The molecule has 0 atom stereocenters. The minimum Gasteiger partial charge on any atom is -0.462 e. The van der Waals surface area contributed by atoms with Gasteiger partial charge in [-0.05, 0) is 19.1 Å². The molecule has 3 heteroatoms. The van der Waals surface area contributed by atoms with Crippen LogP contribution in [0.4, 0.5) is 0 Å². The van der Waals surface area contributed by atoms with Gasteiger partial charge in [-0.3, -0.25) is 4.98 Å². The topological polar surface area (TPSA) is 39.2 Å². The van der Waals surface area contributed by atoms with E-state index >= 15 is 0 Å². The summed E-state index contributed by atoms with van der Waals surface area (Å²) in [7, 11) is 0. The maximum atomic E-state index is 11.0. The second-order valence-electron chi connectivity index (χ2n) is 1.90. The zero-order valence-corrected chi connectivity index (χ0v) is 6.20. The predicted octanol–water partition coefficient (Wildman–Crippen LogP) is 1.26. The molecule has 0 saturated heterocycles.